The highest BCUT2D eigenvalue weighted by molar-refractivity contribution is 7.19. The predicted octanol–water partition coefficient (Wildman–Crippen LogP) is 4.05. The highest BCUT2D eigenvalue weighted by atomic mass is 32.1. The van der Waals surface area contributed by atoms with Crippen LogP contribution in [-0.4, -0.2) is 25.5 Å². The fourth-order valence-corrected chi connectivity index (χ4v) is 3.31. The molecule has 0 amide bonds. The Morgan fingerprint density at radius 3 is 2.24 bits per heavy atom. The van der Waals surface area contributed by atoms with Gasteiger partial charge >= 0.3 is 0 Å². The fourth-order valence-electron chi connectivity index (χ4n) is 2.09. The van der Waals surface area contributed by atoms with Gasteiger partial charge in [0.2, 0.25) is 0 Å². The van der Waals surface area contributed by atoms with Gasteiger partial charge in [-0.25, -0.2) is 0 Å². The summed E-state index contributed by atoms with van der Waals surface area (Å²) in [5, 5.41) is 0.943. The van der Waals surface area contributed by atoms with Crippen LogP contribution in [0.4, 0.5) is 10.7 Å². The van der Waals surface area contributed by atoms with E-state index in [0.29, 0.717) is 22.2 Å². The molecule has 0 bridgehead atoms. The number of nitrogen functional groups attached to an aromatic ring is 1. The summed E-state index contributed by atoms with van der Waals surface area (Å²) in [6.07, 6.45) is 0.0232. The van der Waals surface area contributed by atoms with E-state index < -0.39 is 0 Å². The van der Waals surface area contributed by atoms with Crippen LogP contribution in [0.25, 0.3) is 0 Å². The zero-order chi connectivity index (χ0) is 16.3. The molecule has 0 fully saturated rings. The number of hydrogen-bond acceptors (Lipinski definition) is 5. The van der Waals surface area contributed by atoms with Gasteiger partial charge in [0.05, 0.1) is 16.7 Å². The summed E-state index contributed by atoms with van der Waals surface area (Å²) in [6, 6.07) is 0. The lowest BCUT2D eigenvalue weighted by atomic mass is 10.1. The standard InChI is InChI=1S/C16H28N2O2S/c1-9(2)8-18(7)16-14(20-11(5)6)12(17)15(21-16)13(19)10(3)4/h9-11H,8,17H2,1-7H3. The molecule has 0 unspecified atom stereocenters. The Labute approximate surface area is 132 Å². The van der Waals surface area contributed by atoms with E-state index in [9.17, 15) is 4.79 Å². The van der Waals surface area contributed by atoms with Crippen molar-refractivity contribution in [3.63, 3.8) is 0 Å². The van der Waals surface area contributed by atoms with Crippen molar-refractivity contribution in [2.24, 2.45) is 11.8 Å². The smallest absolute Gasteiger partial charge is 0.177 e. The van der Waals surface area contributed by atoms with Gasteiger partial charge in [0.25, 0.3) is 0 Å². The number of hydrogen-bond donors (Lipinski definition) is 1. The summed E-state index contributed by atoms with van der Waals surface area (Å²) in [5.74, 6) is 1.19. The van der Waals surface area contributed by atoms with Crippen molar-refractivity contribution in [3.8, 4) is 5.75 Å². The van der Waals surface area contributed by atoms with Gasteiger partial charge in [0, 0.05) is 19.5 Å². The minimum Gasteiger partial charge on any atom is -0.486 e. The molecule has 0 spiro atoms. The van der Waals surface area contributed by atoms with Crippen LogP contribution in [-0.2, 0) is 0 Å². The Balaban J connectivity index is 3.27. The van der Waals surface area contributed by atoms with Crippen molar-refractivity contribution in [3.05, 3.63) is 4.88 Å². The monoisotopic (exact) mass is 312 g/mol. The predicted molar refractivity (Wildman–Crippen MR) is 91.8 cm³/mol. The molecule has 5 heteroatoms. The van der Waals surface area contributed by atoms with Crippen LogP contribution < -0.4 is 15.4 Å². The first-order chi connectivity index (χ1) is 9.65. The van der Waals surface area contributed by atoms with E-state index in [-0.39, 0.29) is 17.8 Å². The number of thiophene rings is 1. The molecule has 0 saturated carbocycles. The number of anilines is 2. The molecule has 1 rings (SSSR count). The van der Waals surface area contributed by atoms with Crippen molar-refractivity contribution >= 4 is 27.8 Å². The molecule has 2 N–H and O–H groups in total. The molecule has 1 heterocycles. The maximum absolute atomic E-state index is 12.3. The van der Waals surface area contributed by atoms with Crippen LogP contribution in [0, 0.1) is 11.8 Å². The Morgan fingerprint density at radius 2 is 1.81 bits per heavy atom. The van der Waals surface area contributed by atoms with Crippen molar-refractivity contribution in [1.82, 2.24) is 0 Å². The average molecular weight is 312 g/mol. The van der Waals surface area contributed by atoms with Gasteiger partial charge in [0.15, 0.2) is 11.5 Å². The minimum atomic E-state index is -0.0684. The molecule has 120 valence electrons. The maximum atomic E-state index is 12.3. The van der Waals surface area contributed by atoms with Gasteiger partial charge in [-0.2, -0.15) is 0 Å². The molecular formula is C16H28N2O2S. The van der Waals surface area contributed by atoms with Gasteiger partial charge in [-0.3, -0.25) is 4.79 Å². The number of nitrogens with zero attached hydrogens (tertiary/aromatic N) is 1. The number of carbonyl (C=O) groups excluding carboxylic acids is 1. The third-order valence-corrected chi connectivity index (χ3v) is 4.29. The van der Waals surface area contributed by atoms with Crippen LogP contribution in [0.1, 0.15) is 51.2 Å². The molecule has 21 heavy (non-hydrogen) atoms. The molecule has 0 aliphatic heterocycles. The maximum Gasteiger partial charge on any atom is 0.177 e. The van der Waals surface area contributed by atoms with E-state index in [4.69, 9.17) is 10.5 Å². The minimum absolute atomic E-state index is 0.0232. The van der Waals surface area contributed by atoms with E-state index in [1.165, 1.54) is 11.3 Å². The summed E-state index contributed by atoms with van der Waals surface area (Å²) < 4.78 is 5.88. The Hall–Kier alpha value is -1.23. The first kappa shape index (κ1) is 17.8. The topological polar surface area (TPSA) is 55.6 Å². The number of nitrogens with two attached hydrogens (primary N) is 1. The zero-order valence-electron chi connectivity index (χ0n) is 14.2. The summed E-state index contributed by atoms with van der Waals surface area (Å²) in [4.78, 5) is 15.1. The molecule has 0 aromatic carbocycles. The van der Waals surface area contributed by atoms with Crippen LogP contribution in [0.3, 0.4) is 0 Å². The quantitative estimate of drug-likeness (QED) is 0.772. The second-order valence-electron chi connectivity index (χ2n) is 6.44. The highest BCUT2D eigenvalue weighted by Crippen LogP contribution is 2.46. The van der Waals surface area contributed by atoms with E-state index in [1.54, 1.807) is 0 Å². The zero-order valence-corrected chi connectivity index (χ0v) is 15.0. The van der Waals surface area contributed by atoms with Gasteiger partial charge in [-0.15, -0.1) is 11.3 Å². The number of Topliss-reactive ketones (excluding diaryl/α,β-unsaturated/α-hetero) is 1. The van der Waals surface area contributed by atoms with Crippen LogP contribution in [0.5, 0.6) is 5.75 Å². The van der Waals surface area contributed by atoms with Crippen LogP contribution in [0.2, 0.25) is 0 Å². The van der Waals surface area contributed by atoms with Crippen LogP contribution >= 0.6 is 11.3 Å². The van der Waals surface area contributed by atoms with E-state index in [1.807, 2.05) is 34.7 Å². The van der Waals surface area contributed by atoms with Gasteiger partial charge in [-0.1, -0.05) is 27.7 Å². The molecule has 4 nitrogen and oxygen atoms in total. The summed E-state index contributed by atoms with van der Waals surface area (Å²) >= 11 is 1.44. The third-order valence-electron chi connectivity index (χ3n) is 2.97. The average Bonchev–Trinajstić information content (AvgIpc) is 2.65. The van der Waals surface area contributed by atoms with Gasteiger partial charge in [-0.05, 0) is 19.8 Å². The first-order valence-corrected chi connectivity index (χ1v) is 8.31. The number of ketones is 1. The summed E-state index contributed by atoms with van der Waals surface area (Å²) in [6.45, 7) is 12.9. The lowest BCUT2D eigenvalue weighted by molar-refractivity contribution is 0.0944. The third kappa shape index (κ3) is 4.37. The van der Waals surface area contributed by atoms with Crippen molar-refractivity contribution in [1.29, 1.82) is 0 Å². The van der Waals surface area contributed by atoms with Crippen molar-refractivity contribution in [2.75, 3.05) is 24.2 Å². The van der Waals surface area contributed by atoms with Crippen molar-refractivity contribution in [2.45, 2.75) is 47.6 Å². The Bertz CT molecular complexity index is 493. The number of rotatable bonds is 7. The number of ether oxygens (including phenoxy) is 1. The molecule has 1 aromatic rings. The van der Waals surface area contributed by atoms with Gasteiger partial charge < -0.3 is 15.4 Å². The largest absolute Gasteiger partial charge is 0.486 e. The molecule has 0 atom stereocenters. The number of carbonyl (C=O) groups is 1. The lowest BCUT2D eigenvalue weighted by Crippen LogP contribution is -2.22. The van der Waals surface area contributed by atoms with Crippen molar-refractivity contribution < 1.29 is 9.53 Å². The molecule has 0 saturated heterocycles. The Morgan fingerprint density at radius 1 is 1.24 bits per heavy atom. The second-order valence-corrected chi connectivity index (χ2v) is 7.44. The van der Waals surface area contributed by atoms with E-state index in [0.717, 1.165) is 11.5 Å². The molecule has 0 aliphatic rings. The molecular weight excluding hydrogens is 284 g/mol. The second kappa shape index (κ2) is 7.16. The van der Waals surface area contributed by atoms with Crippen LogP contribution in [0.15, 0.2) is 0 Å². The highest BCUT2D eigenvalue weighted by Gasteiger charge is 2.26. The first-order valence-electron chi connectivity index (χ1n) is 7.49. The molecule has 0 radical (unpaired) electrons. The normalized spacial score (nSPS) is 11.5. The molecule has 1 aromatic heterocycles. The summed E-state index contributed by atoms with van der Waals surface area (Å²) in [7, 11) is 2.02. The molecule has 0 aliphatic carbocycles. The Kier molecular flexibility index (Phi) is 6.08. The van der Waals surface area contributed by atoms with Gasteiger partial charge in [0.1, 0.15) is 5.00 Å². The summed E-state index contributed by atoms with van der Waals surface area (Å²) in [5.41, 5.74) is 6.68. The van der Waals surface area contributed by atoms with E-state index in [2.05, 4.69) is 18.7 Å². The SMILES string of the molecule is CC(C)CN(C)c1sc(C(=O)C(C)C)c(N)c1OC(C)C. The fraction of sp³-hybridized carbons (Fsp3) is 0.688. The van der Waals surface area contributed by atoms with E-state index >= 15 is 0 Å². The lowest BCUT2D eigenvalue weighted by Gasteiger charge is -2.22.